The van der Waals surface area contributed by atoms with Crippen LogP contribution in [0, 0.1) is 20.8 Å². The Morgan fingerprint density at radius 3 is 2.27 bits per heavy atom. The van der Waals surface area contributed by atoms with Crippen molar-refractivity contribution in [2.24, 2.45) is 0 Å². The van der Waals surface area contributed by atoms with Crippen molar-refractivity contribution in [2.45, 2.75) is 33.7 Å². The van der Waals surface area contributed by atoms with Gasteiger partial charge in [0, 0.05) is 11.3 Å². The van der Waals surface area contributed by atoms with Gasteiger partial charge in [0.15, 0.2) is 0 Å². The molecule has 5 nitrogen and oxygen atoms in total. The summed E-state index contributed by atoms with van der Waals surface area (Å²) < 4.78 is 5.59. The van der Waals surface area contributed by atoms with Crippen LogP contribution in [0.3, 0.4) is 0 Å². The quantitative estimate of drug-likeness (QED) is 0.316. The fourth-order valence-corrected chi connectivity index (χ4v) is 4.19. The van der Waals surface area contributed by atoms with Crippen LogP contribution in [0.1, 0.15) is 40.8 Å². The fourth-order valence-electron chi connectivity index (χ4n) is 4.19. The number of aryl methyl sites for hydroxylation is 3. The van der Waals surface area contributed by atoms with Gasteiger partial charge in [0.05, 0.1) is 18.2 Å². The van der Waals surface area contributed by atoms with Gasteiger partial charge >= 0.3 is 0 Å². The van der Waals surface area contributed by atoms with E-state index in [-0.39, 0.29) is 11.3 Å². The number of hydrogen-bond acceptors (Lipinski definition) is 4. The Morgan fingerprint density at radius 1 is 0.909 bits per heavy atom. The fraction of sp³-hybridized carbons (Fsp3) is 0.214. The van der Waals surface area contributed by atoms with E-state index in [0.29, 0.717) is 23.6 Å². The summed E-state index contributed by atoms with van der Waals surface area (Å²) in [5.41, 5.74) is 4.86. The van der Waals surface area contributed by atoms with E-state index in [2.05, 4.69) is 0 Å². The van der Waals surface area contributed by atoms with E-state index in [1.165, 1.54) is 4.90 Å². The van der Waals surface area contributed by atoms with Crippen LogP contribution in [-0.2, 0) is 9.59 Å². The Kier molecular flexibility index (Phi) is 6.05. The molecule has 3 aromatic rings. The summed E-state index contributed by atoms with van der Waals surface area (Å²) in [6.45, 7) is 8.28. The number of hydrogen-bond donors (Lipinski definition) is 1. The molecule has 0 aromatic heterocycles. The Morgan fingerprint density at radius 2 is 1.64 bits per heavy atom. The van der Waals surface area contributed by atoms with E-state index >= 15 is 0 Å². The summed E-state index contributed by atoms with van der Waals surface area (Å²) in [7, 11) is 0. The molecule has 1 N–H and O–H groups in total. The van der Waals surface area contributed by atoms with E-state index < -0.39 is 17.7 Å². The van der Waals surface area contributed by atoms with Crippen LogP contribution < -0.4 is 9.64 Å². The molecule has 168 valence electrons. The zero-order valence-electron chi connectivity index (χ0n) is 19.3. The summed E-state index contributed by atoms with van der Waals surface area (Å²) in [6.07, 6.45) is 0. The summed E-state index contributed by atoms with van der Waals surface area (Å²) in [5, 5.41) is 11.3. The number of ether oxygens (including phenoxy) is 1. The molecule has 1 aliphatic rings. The first-order valence-electron chi connectivity index (χ1n) is 11.0. The van der Waals surface area contributed by atoms with Crippen LogP contribution in [0.15, 0.2) is 72.3 Å². The summed E-state index contributed by atoms with van der Waals surface area (Å²) in [4.78, 5) is 28.0. The topological polar surface area (TPSA) is 66.8 Å². The van der Waals surface area contributed by atoms with Crippen molar-refractivity contribution in [3.8, 4) is 5.75 Å². The van der Waals surface area contributed by atoms with Gasteiger partial charge in [0.2, 0.25) is 0 Å². The van der Waals surface area contributed by atoms with Crippen molar-refractivity contribution >= 4 is 23.1 Å². The summed E-state index contributed by atoms with van der Waals surface area (Å²) in [6, 6.07) is 19.5. The molecular formula is C28H27NO4. The minimum atomic E-state index is -0.736. The van der Waals surface area contributed by atoms with Gasteiger partial charge in [-0.2, -0.15) is 0 Å². The van der Waals surface area contributed by atoms with Crippen LogP contribution in [0.4, 0.5) is 5.69 Å². The smallest absolute Gasteiger partial charge is 0.300 e. The van der Waals surface area contributed by atoms with Crippen LogP contribution in [0.5, 0.6) is 5.75 Å². The van der Waals surface area contributed by atoms with Crippen molar-refractivity contribution in [3.63, 3.8) is 0 Å². The maximum atomic E-state index is 13.3. The van der Waals surface area contributed by atoms with Crippen molar-refractivity contribution in [1.29, 1.82) is 0 Å². The molecule has 4 rings (SSSR count). The Hall–Kier alpha value is -3.86. The third-order valence-corrected chi connectivity index (χ3v) is 6.08. The Labute approximate surface area is 193 Å². The second kappa shape index (κ2) is 8.94. The predicted octanol–water partition coefficient (Wildman–Crippen LogP) is 5.64. The van der Waals surface area contributed by atoms with Crippen LogP contribution >= 0.6 is 0 Å². The molecule has 0 radical (unpaired) electrons. The van der Waals surface area contributed by atoms with Crippen molar-refractivity contribution in [1.82, 2.24) is 0 Å². The standard InChI is InChI=1S/C28H27NO4/c1-5-33-23-14-12-21(15-19(23)4)26(30)24-25(20-9-7-6-8-10-20)29(28(32)27(24)31)22-13-11-17(2)18(3)16-22/h6-16,25,30H,5H2,1-4H3/b26-24+. The number of ketones is 1. The molecule has 1 aliphatic heterocycles. The van der Waals surface area contributed by atoms with Gasteiger partial charge in [-0.25, -0.2) is 0 Å². The highest BCUT2D eigenvalue weighted by molar-refractivity contribution is 6.51. The van der Waals surface area contributed by atoms with Crippen molar-refractivity contribution < 1.29 is 19.4 Å². The van der Waals surface area contributed by atoms with Gasteiger partial charge in [-0.1, -0.05) is 36.4 Å². The van der Waals surface area contributed by atoms with E-state index in [9.17, 15) is 14.7 Å². The first-order chi connectivity index (χ1) is 15.8. The molecule has 33 heavy (non-hydrogen) atoms. The number of aliphatic hydroxyl groups is 1. The molecule has 1 heterocycles. The first-order valence-corrected chi connectivity index (χ1v) is 11.0. The third kappa shape index (κ3) is 4.02. The first kappa shape index (κ1) is 22.3. The molecule has 1 amide bonds. The number of carbonyl (C=O) groups excluding carboxylic acids is 2. The van der Waals surface area contributed by atoms with Crippen LogP contribution in [0.2, 0.25) is 0 Å². The SMILES string of the molecule is CCOc1ccc(/C(O)=C2\C(=O)C(=O)N(c3ccc(C)c(C)c3)C2c2ccccc2)cc1C. The maximum Gasteiger partial charge on any atom is 0.300 e. The van der Waals surface area contributed by atoms with Gasteiger partial charge in [-0.3, -0.25) is 14.5 Å². The largest absolute Gasteiger partial charge is 0.507 e. The van der Waals surface area contributed by atoms with Crippen molar-refractivity contribution in [2.75, 3.05) is 11.5 Å². The van der Waals surface area contributed by atoms with Gasteiger partial charge in [0.1, 0.15) is 11.5 Å². The van der Waals surface area contributed by atoms with E-state index in [1.54, 1.807) is 18.2 Å². The Bertz CT molecular complexity index is 1260. The van der Waals surface area contributed by atoms with E-state index in [1.807, 2.05) is 76.2 Å². The number of benzene rings is 3. The molecule has 1 atom stereocenters. The van der Waals surface area contributed by atoms with Crippen LogP contribution in [-0.4, -0.2) is 23.4 Å². The number of carbonyl (C=O) groups is 2. The second-order valence-electron chi connectivity index (χ2n) is 8.26. The predicted molar refractivity (Wildman–Crippen MR) is 129 cm³/mol. The van der Waals surface area contributed by atoms with Gasteiger partial charge in [-0.05, 0) is 80.3 Å². The second-order valence-corrected chi connectivity index (χ2v) is 8.26. The van der Waals surface area contributed by atoms with Crippen LogP contribution in [0.25, 0.3) is 5.76 Å². The minimum Gasteiger partial charge on any atom is -0.507 e. The molecule has 1 saturated heterocycles. The number of nitrogens with zero attached hydrogens (tertiary/aromatic N) is 1. The molecule has 1 unspecified atom stereocenters. The van der Waals surface area contributed by atoms with Gasteiger partial charge in [-0.15, -0.1) is 0 Å². The lowest BCUT2D eigenvalue weighted by atomic mass is 9.94. The molecular weight excluding hydrogens is 414 g/mol. The molecule has 0 bridgehead atoms. The molecule has 0 saturated carbocycles. The highest BCUT2D eigenvalue weighted by Crippen LogP contribution is 2.42. The number of rotatable bonds is 5. The zero-order chi connectivity index (χ0) is 23.7. The maximum absolute atomic E-state index is 13.3. The third-order valence-electron chi connectivity index (χ3n) is 6.08. The Balaban J connectivity index is 1.91. The summed E-state index contributed by atoms with van der Waals surface area (Å²) in [5.74, 6) is -0.841. The number of amides is 1. The lowest BCUT2D eigenvalue weighted by molar-refractivity contribution is -0.132. The van der Waals surface area contributed by atoms with E-state index in [4.69, 9.17) is 4.74 Å². The molecule has 1 fully saturated rings. The number of Topliss-reactive ketones (excluding diaryl/α,β-unsaturated/α-hetero) is 1. The number of anilines is 1. The van der Waals surface area contributed by atoms with Gasteiger partial charge < -0.3 is 9.84 Å². The molecule has 0 aliphatic carbocycles. The van der Waals surface area contributed by atoms with Gasteiger partial charge in [0.25, 0.3) is 11.7 Å². The van der Waals surface area contributed by atoms with E-state index in [0.717, 1.165) is 22.3 Å². The molecule has 5 heteroatoms. The average molecular weight is 442 g/mol. The normalized spacial score (nSPS) is 17.5. The lowest BCUT2D eigenvalue weighted by Gasteiger charge is -2.26. The van der Waals surface area contributed by atoms with Crippen molar-refractivity contribution in [3.05, 3.63) is 100 Å². The zero-order valence-corrected chi connectivity index (χ0v) is 19.3. The summed E-state index contributed by atoms with van der Waals surface area (Å²) >= 11 is 0. The number of aliphatic hydroxyl groups excluding tert-OH is 1. The minimum absolute atomic E-state index is 0.0768. The molecule has 3 aromatic carbocycles. The highest BCUT2D eigenvalue weighted by atomic mass is 16.5. The lowest BCUT2D eigenvalue weighted by Crippen LogP contribution is -2.29. The monoisotopic (exact) mass is 441 g/mol. The molecule has 0 spiro atoms. The highest BCUT2D eigenvalue weighted by Gasteiger charge is 2.47. The average Bonchev–Trinajstić information content (AvgIpc) is 3.08.